The highest BCUT2D eigenvalue weighted by Gasteiger charge is 2.18. The van der Waals surface area contributed by atoms with E-state index in [-0.39, 0.29) is 5.41 Å². The van der Waals surface area contributed by atoms with E-state index in [4.69, 9.17) is 9.15 Å². The summed E-state index contributed by atoms with van der Waals surface area (Å²) in [6.45, 7) is 7.92. The van der Waals surface area contributed by atoms with Gasteiger partial charge in [-0.25, -0.2) is 0 Å². The van der Waals surface area contributed by atoms with Gasteiger partial charge in [0, 0.05) is 18.4 Å². The normalized spacial score (nSPS) is 11.8. The van der Waals surface area contributed by atoms with E-state index in [2.05, 4.69) is 59.8 Å². The molecule has 0 fully saturated rings. The summed E-state index contributed by atoms with van der Waals surface area (Å²) in [4.78, 5) is 0. The van der Waals surface area contributed by atoms with E-state index in [1.165, 1.54) is 5.56 Å². The Hall–Kier alpha value is -2.05. The fraction of sp³-hybridized carbons (Fsp3) is 0.400. The number of thioether (sulfide) groups is 1. The molecule has 0 N–H and O–H groups in total. The molecule has 0 aliphatic heterocycles. The van der Waals surface area contributed by atoms with Crippen LogP contribution in [0, 0.1) is 0 Å². The molecule has 0 radical (unpaired) electrons. The first-order valence-corrected chi connectivity index (χ1v) is 9.66. The molecular weight excluding hydrogens is 346 g/mol. The summed E-state index contributed by atoms with van der Waals surface area (Å²) >= 11 is 1.64. The number of hydrogen-bond donors (Lipinski definition) is 0. The quantitative estimate of drug-likeness (QED) is 0.448. The van der Waals surface area contributed by atoms with Gasteiger partial charge in [0.2, 0.25) is 0 Å². The topological polar surface area (TPSA) is 53.1 Å². The zero-order valence-corrected chi connectivity index (χ0v) is 16.5. The van der Waals surface area contributed by atoms with Crippen LogP contribution in [0.5, 0.6) is 0 Å². The summed E-state index contributed by atoms with van der Waals surface area (Å²) in [6.07, 6.45) is 1.69. The Morgan fingerprint density at radius 1 is 1.12 bits per heavy atom. The SMILES string of the molecule is COCCSc1nnc(-c2ccc(C(C)(C)C)cc2)n1Cc1ccco1. The Labute approximate surface area is 158 Å². The van der Waals surface area contributed by atoms with Gasteiger partial charge in [0.25, 0.3) is 0 Å². The molecule has 0 aliphatic rings. The first-order valence-electron chi connectivity index (χ1n) is 8.67. The van der Waals surface area contributed by atoms with Crippen LogP contribution in [0.3, 0.4) is 0 Å². The zero-order valence-electron chi connectivity index (χ0n) is 15.7. The van der Waals surface area contributed by atoms with Crippen molar-refractivity contribution in [1.82, 2.24) is 14.8 Å². The van der Waals surface area contributed by atoms with Crippen molar-refractivity contribution in [2.45, 2.75) is 37.9 Å². The number of rotatable bonds is 7. The molecule has 3 aromatic rings. The number of furan rings is 1. The van der Waals surface area contributed by atoms with Crippen molar-refractivity contribution in [1.29, 1.82) is 0 Å². The largest absolute Gasteiger partial charge is 0.467 e. The molecule has 0 bridgehead atoms. The Morgan fingerprint density at radius 3 is 2.50 bits per heavy atom. The number of ether oxygens (including phenoxy) is 1. The molecule has 0 amide bonds. The summed E-state index contributed by atoms with van der Waals surface area (Å²) < 4.78 is 12.8. The minimum atomic E-state index is 0.127. The first kappa shape index (κ1) is 18.7. The lowest BCUT2D eigenvalue weighted by Crippen LogP contribution is -2.10. The van der Waals surface area contributed by atoms with Gasteiger partial charge in [-0.3, -0.25) is 4.57 Å². The fourth-order valence-corrected chi connectivity index (χ4v) is 3.48. The van der Waals surface area contributed by atoms with Gasteiger partial charge in [-0.2, -0.15) is 0 Å². The summed E-state index contributed by atoms with van der Waals surface area (Å²) in [6, 6.07) is 12.4. The average molecular weight is 372 g/mol. The Kier molecular flexibility index (Phi) is 5.84. The van der Waals surface area contributed by atoms with Crippen LogP contribution in [-0.2, 0) is 16.7 Å². The maximum absolute atomic E-state index is 5.53. The van der Waals surface area contributed by atoms with Gasteiger partial charge in [0.05, 0.1) is 19.4 Å². The van der Waals surface area contributed by atoms with Crippen LogP contribution in [-0.4, -0.2) is 34.2 Å². The molecule has 138 valence electrons. The lowest BCUT2D eigenvalue weighted by atomic mass is 9.87. The maximum Gasteiger partial charge on any atom is 0.192 e. The molecule has 2 aromatic heterocycles. The van der Waals surface area contributed by atoms with Crippen molar-refractivity contribution in [2.75, 3.05) is 19.5 Å². The highest BCUT2D eigenvalue weighted by Crippen LogP contribution is 2.28. The molecule has 0 atom stereocenters. The van der Waals surface area contributed by atoms with Crippen LogP contribution in [0.15, 0.2) is 52.2 Å². The highest BCUT2D eigenvalue weighted by molar-refractivity contribution is 7.99. The Bertz CT molecular complexity index is 818. The standard InChI is InChI=1S/C20H25N3O2S/c1-20(2,3)16-9-7-15(8-10-16)18-21-22-19(26-13-12-24-4)23(18)14-17-6-5-11-25-17/h5-11H,12-14H2,1-4H3. The van der Waals surface area contributed by atoms with Crippen LogP contribution < -0.4 is 0 Å². The van der Waals surface area contributed by atoms with E-state index in [0.717, 1.165) is 28.1 Å². The van der Waals surface area contributed by atoms with Gasteiger partial charge in [-0.05, 0) is 23.1 Å². The number of methoxy groups -OCH3 is 1. The third-order valence-electron chi connectivity index (χ3n) is 4.14. The van der Waals surface area contributed by atoms with Crippen molar-refractivity contribution >= 4 is 11.8 Å². The molecule has 1 aromatic carbocycles. The molecule has 2 heterocycles. The van der Waals surface area contributed by atoms with Crippen molar-refractivity contribution in [2.24, 2.45) is 0 Å². The van der Waals surface area contributed by atoms with Crippen molar-refractivity contribution in [3.63, 3.8) is 0 Å². The third-order valence-corrected chi connectivity index (χ3v) is 5.07. The smallest absolute Gasteiger partial charge is 0.192 e. The Morgan fingerprint density at radius 2 is 1.88 bits per heavy atom. The van der Waals surface area contributed by atoms with Crippen molar-refractivity contribution < 1.29 is 9.15 Å². The molecule has 0 saturated carbocycles. The minimum Gasteiger partial charge on any atom is -0.467 e. The molecular formula is C20H25N3O2S. The van der Waals surface area contributed by atoms with Crippen LogP contribution in [0.2, 0.25) is 0 Å². The highest BCUT2D eigenvalue weighted by atomic mass is 32.2. The van der Waals surface area contributed by atoms with E-state index < -0.39 is 0 Å². The predicted octanol–water partition coefficient (Wildman–Crippen LogP) is 4.62. The monoisotopic (exact) mass is 371 g/mol. The summed E-state index contributed by atoms with van der Waals surface area (Å²) in [5, 5.41) is 9.71. The first-order chi connectivity index (χ1) is 12.5. The predicted molar refractivity (Wildman–Crippen MR) is 105 cm³/mol. The maximum atomic E-state index is 5.53. The van der Waals surface area contributed by atoms with E-state index in [0.29, 0.717) is 13.2 Å². The second kappa shape index (κ2) is 8.10. The van der Waals surface area contributed by atoms with E-state index in [9.17, 15) is 0 Å². The molecule has 0 saturated heterocycles. The van der Waals surface area contributed by atoms with E-state index in [1.54, 1.807) is 25.1 Å². The number of hydrogen-bond acceptors (Lipinski definition) is 5. The molecule has 0 unspecified atom stereocenters. The Balaban J connectivity index is 1.92. The molecule has 5 nitrogen and oxygen atoms in total. The molecule has 6 heteroatoms. The van der Waals surface area contributed by atoms with Gasteiger partial charge in [-0.1, -0.05) is 56.8 Å². The lowest BCUT2D eigenvalue weighted by Gasteiger charge is -2.19. The number of aromatic nitrogens is 3. The third kappa shape index (κ3) is 4.37. The lowest BCUT2D eigenvalue weighted by molar-refractivity contribution is 0.218. The fourth-order valence-electron chi connectivity index (χ4n) is 2.65. The number of nitrogens with zero attached hydrogens (tertiary/aromatic N) is 3. The van der Waals surface area contributed by atoms with Crippen molar-refractivity contribution in [3.05, 3.63) is 54.0 Å². The second-order valence-electron chi connectivity index (χ2n) is 7.14. The van der Waals surface area contributed by atoms with Crippen LogP contribution in [0.25, 0.3) is 11.4 Å². The molecule has 3 rings (SSSR count). The van der Waals surface area contributed by atoms with Gasteiger partial charge in [0.1, 0.15) is 5.76 Å². The van der Waals surface area contributed by atoms with Gasteiger partial charge >= 0.3 is 0 Å². The molecule has 26 heavy (non-hydrogen) atoms. The van der Waals surface area contributed by atoms with E-state index in [1.807, 2.05) is 12.1 Å². The second-order valence-corrected chi connectivity index (χ2v) is 8.20. The van der Waals surface area contributed by atoms with E-state index >= 15 is 0 Å². The minimum absolute atomic E-state index is 0.127. The summed E-state index contributed by atoms with van der Waals surface area (Å²) in [5.74, 6) is 2.56. The van der Waals surface area contributed by atoms with Crippen LogP contribution >= 0.6 is 11.8 Å². The average Bonchev–Trinajstić information content (AvgIpc) is 3.26. The number of benzene rings is 1. The summed E-state index contributed by atoms with van der Waals surface area (Å²) in [7, 11) is 1.70. The van der Waals surface area contributed by atoms with Crippen LogP contribution in [0.4, 0.5) is 0 Å². The zero-order chi connectivity index (χ0) is 18.6. The molecule has 0 spiro atoms. The molecule has 0 aliphatic carbocycles. The van der Waals surface area contributed by atoms with Crippen molar-refractivity contribution in [3.8, 4) is 11.4 Å². The summed E-state index contributed by atoms with van der Waals surface area (Å²) in [5.41, 5.74) is 2.48. The van der Waals surface area contributed by atoms with Crippen LogP contribution in [0.1, 0.15) is 32.1 Å². The van der Waals surface area contributed by atoms with Gasteiger partial charge in [0.15, 0.2) is 11.0 Å². The van der Waals surface area contributed by atoms with Gasteiger partial charge in [-0.15, -0.1) is 10.2 Å². The van der Waals surface area contributed by atoms with Gasteiger partial charge < -0.3 is 9.15 Å².